The molecule has 0 bridgehead atoms. The van der Waals surface area contributed by atoms with Crippen molar-refractivity contribution in [1.29, 1.82) is 0 Å². The van der Waals surface area contributed by atoms with E-state index in [0.29, 0.717) is 24.6 Å². The molecule has 3 N–H and O–H groups in total. The van der Waals surface area contributed by atoms with Crippen LogP contribution < -0.4 is 10.1 Å². The molecule has 3 rings (SSSR count). The van der Waals surface area contributed by atoms with E-state index in [4.69, 9.17) is 16.3 Å². The Bertz CT molecular complexity index is 923. The first kappa shape index (κ1) is 19.3. The van der Waals surface area contributed by atoms with E-state index in [-0.39, 0.29) is 0 Å². The molecule has 0 saturated carbocycles. The zero-order valence-corrected chi connectivity index (χ0v) is 15.9. The molecule has 0 unspecified atom stereocenters. The Balaban J connectivity index is 1.74. The van der Waals surface area contributed by atoms with Crippen molar-refractivity contribution in [3.8, 4) is 5.75 Å². The number of H-pyrrole nitrogens is 1. The van der Waals surface area contributed by atoms with Gasteiger partial charge >= 0.3 is 5.97 Å². The van der Waals surface area contributed by atoms with Crippen molar-refractivity contribution >= 4 is 28.5 Å². The van der Waals surface area contributed by atoms with Crippen LogP contribution in [-0.4, -0.2) is 28.7 Å². The van der Waals surface area contributed by atoms with Gasteiger partial charge in [-0.05, 0) is 36.2 Å². The molecule has 0 saturated heterocycles. The monoisotopic (exact) mass is 386 g/mol. The van der Waals surface area contributed by atoms with E-state index < -0.39 is 12.0 Å². The van der Waals surface area contributed by atoms with Gasteiger partial charge in [0.2, 0.25) is 0 Å². The van der Waals surface area contributed by atoms with Gasteiger partial charge < -0.3 is 14.8 Å². The second kappa shape index (κ2) is 8.93. The number of hydrogen-bond donors (Lipinski definition) is 3. The van der Waals surface area contributed by atoms with Gasteiger partial charge in [-0.15, -0.1) is 0 Å². The summed E-state index contributed by atoms with van der Waals surface area (Å²) in [6, 6.07) is 12.6. The van der Waals surface area contributed by atoms with Gasteiger partial charge in [0.25, 0.3) is 0 Å². The van der Waals surface area contributed by atoms with Gasteiger partial charge in [0, 0.05) is 40.7 Å². The summed E-state index contributed by atoms with van der Waals surface area (Å²) in [5.74, 6) is -0.164. The lowest BCUT2D eigenvalue weighted by Gasteiger charge is -2.17. The number of fused-ring (bicyclic) bond motifs is 1. The van der Waals surface area contributed by atoms with Gasteiger partial charge in [0.1, 0.15) is 11.8 Å². The predicted octanol–water partition coefficient (Wildman–Crippen LogP) is 4.40. The highest BCUT2D eigenvalue weighted by Gasteiger charge is 2.20. The first-order valence-electron chi connectivity index (χ1n) is 9.01. The predicted molar refractivity (Wildman–Crippen MR) is 108 cm³/mol. The Morgan fingerprint density at radius 3 is 2.85 bits per heavy atom. The number of aromatic amines is 1. The van der Waals surface area contributed by atoms with Crippen LogP contribution in [0.15, 0.2) is 48.7 Å². The van der Waals surface area contributed by atoms with E-state index in [1.807, 2.05) is 49.5 Å². The molecule has 0 fully saturated rings. The highest BCUT2D eigenvalue weighted by Crippen LogP contribution is 2.24. The maximum atomic E-state index is 11.8. The number of para-hydroxylation sites is 1. The van der Waals surface area contributed by atoms with Crippen molar-refractivity contribution < 1.29 is 14.6 Å². The van der Waals surface area contributed by atoms with Gasteiger partial charge in [-0.3, -0.25) is 10.1 Å². The van der Waals surface area contributed by atoms with Crippen LogP contribution in [0.3, 0.4) is 0 Å². The molecule has 1 atom stereocenters. The second-order valence-corrected chi connectivity index (χ2v) is 6.87. The van der Waals surface area contributed by atoms with E-state index in [1.54, 1.807) is 6.07 Å². The summed E-state index contributed by atoms with van der Waals surface area (Å²) in [5, 5.41) is 14.4. The maximum Gasteiger partial charge on any atom is 0.321 e. The van der Waals surface area contributed by atoms with Crippen molar-refractivity contribution in [3.63, 3.8) is 0 Å². The van der Waals surface area contributed by atoms with Crippen LogP contribution in [0.5, 0.6) is 5.75 Å². The van der Waals surface area contributed by atoms with Gasteiger partial charge in [-0.25, -0.2) is 0 Å². The summed E-state index contributed by atoms with van der Waals surface area (Å²) < 4.78 is 5.75. The van der Waals surface area contributed by atoms with E-state index in [1.165, 1.54) is 0 Å². The number of carboxylic acids is 1. The molecule has 0 aliphatic rings. The molecular weight excluding hydrogens is 364 g/mol. The smallest absolute Gasteiger partial charge is 0.321 e. The quantitative estimate of drug-likeness (QED) is 0.509. The minimum Gasteiger partial charge on any atom is -0.493 e. The molecule has 1 heterocycles. The third-order valence-corrected chi connectivity index (χ3v) is 4.66. The molecular formula is C21H23ClN2O3. The van der Waals surface area contributed by atoms with Crippen LogP contribution in [0.1, 0.15) is 24.5 Å². The van der Waals surface area contributed by atoms with E-state index in [2.05, 4.69) is 10.3 Å². The third-order valence-electron chi connectivity index (χ3n) is 4.42. The number of ether oxygens (including phenoxy) is 1. The summed E-state index contributed by atoms with van der Waals surface area (Å²) >= 11 is 6.11. The van der Waals surface area contributed by atoms with Crippen LogP contribution in [0.25, 0.3) is 10.9 Å². The Morgan fingerprint density at radius 2 is 2.07 bits per heavy atom. The van der Waals surface area contributed by atoms with Gasteiger partial charge in [0.05, 0.1) is 6.61 Å². The topological polar surface area (TPSA) is 74.3 Å². The number of carboxylic acid groups (broad SMARTS) is 1. The zero-order chi connectivity index (χ0) is 19.2. The first-order valence-corrected chi connectivity index (χ1v) is 9.38. The van der Waals surface area contributed by atoms with Crippen LogP contribution in [0, 0.1) is 0 Å². The molecule has 0 aliphatic heterocycles. The fourth-order valence-electron chi connectivity index (χ4n) is 3.04. The minimum atomic E-state index is -0.890. The largest absolute Gasteiger partial charge is 0.493 e. The Labute approximate surface area is 163 Å². The minimum absolute atomic E-state index is 0.360. The molecule has 27 heavy (non-hydrogen) atoms. The fourth-order valence-corrected chi connectivity index (χ4v) is 3.23. The Morgan fingerprint density at radius 1 is 1.26 bits per heavy atom. The highest BCUT2D eigenvalue weighted by molar-refractivity contribution is 6.30. The Kier molecular flexibility index (Phi) is 6.37. The summed E-state index contributed by atoms with van der Waals surface area (Å²) in [5.41, 5.74) is 2.82. The maximum absolute atomic E-state index is 11.8. The SMILES string of the molecule is CCCOc1ccc(Cl)cc1CN[C@@H](Cc1c[nH]c2ccccc12)C(=O)O. The lowest BCUT2D eigenvalue weighted by molar-refractivity contribution is -0.139. The van der Waals surface area contributed by atoms with Crippen molar-refractivity contribution in [2.75, 3.05) is 6.61 Å². The van der Waals surface area contributed by atoms with Crippen molar-refractivity contribution in [3.05, 3.63) is 64.8 Å². The standard InChI is InChI=1S/C21H23ClN2O3/c1-2-9-27-20-8-7-16(22)10-15(20)13-24-19(21(25)26)11-14-12-23-18-6-4-3-5-17(14)18/h3-8,10,12,19,23-24H,2,9,11,13H2,1H3,(H,25,26)/t19-/m0/s1. The van der Waals surface area contributed by atoms with Crippen molar-refractivity contribution in [1.82, 2.24) is 10.3 Å². The van der Waals surface area contributed by atoms with Crippen LogP contribution in [0.4, 0.5) is 0 Å². The number of aromatic nitrogens is 1. The summed E-state index contributed by atoms with van der Waals surface area (Å²) in [6.45, 7) is 3.00. The number of hydrogen-bond acceptors (Lipinski definition) is 3. The number of carbonyl (C=O) groups is 1. The normalized spacial score (nSPS) is 12.2. The summed E-state index contributed by atoms with van der Waals surface area (Å²) in [4.78, 5) is 15.0. The molecule has 2 aromatic carbocycles. The number of halogens is 1. The summed E-state index contributed by atoms with van der Waals surface area (Å²) in [6.07, 6.45) is 3.15. The molecule has 142 valence electrons. The van der Waals surface area contributed by atoms with Crippen molar-refractivity contribution in [2.24, 2.45) is 0 Å². The lowest BCUT2D eigenvalue weighted by atomic mass is 10.0. The van der Waals surface area contributed by atoms with Gasteiger partial charge in [-0.2, -0.15) is 0 Å². The molecule has 3 aromatic rings. The number of benzene rings is 2. The molecule has 0 amide bonds. The van der Waals surface area contributed by atoms with Crippen molar-refractivity contribution in [2.45, 2.75) is 32.4 Å². The molecule has 6 heteroatoms. The van der Waals surface area contributed by atoms with E-state index >= 15 is 0 Å². The zero-order valence-electron chi connectivity index (χ0n) is 15.2. The van der Waals surface area contributed by atoms with Crippen LogP contribution in [0.2, 0.25) is 5.02 Å². The van der Waals surface area contributed by atoms with Gasteiger partial charge in [-0.1, -0.05) is 36.7 Å². The fraction of sp³-hybridized carbons (Fsp3) is 0.286. The Hall–Kier alpha value is -2.50. The van der Waals surface area contributed by atoms with Gasteiger partial charge in [0.15, 0.2) is 0 Å². The van der Waals surface area contributed by atoms with E-state index in [9.17, 15) is 9.90 Å². The molecule has 5 nitrogen and oxygen atoms in total. The number of aliphatic carboxylic acids is 1. The highest BCUT2D eigenvalue weighted by atomic mass is 35.5. The lowest BCUT2D eigenvalue weighted by Crippen LogP contribution is -2.38. The number of rotatable bonds is 9. The second-order valence-electron chi connectivity index (χ2n) is 6.44. The third kappa shape index (κ3) is 4.81. The van der Waals surface area contributed by atoms with E-state index in [0.717, 1.165) is 34.2 Å². The average molecular weight is 387 g/mol. The molecule has 0 aliphatic carbocycles. The summed E-state index contributed by atoms with van der Waals surface area (Å²) in [7, 11) is 0. The van der Waals surface area contributed by atoms with Crippen LogP contribution in [-0.2, 0) is 17.8 Å². The molecule has 0 spiro atoms. The average Bonchev–Trinajstić information content (AvgIpc) is 3.07. The van der Waals surface area contributed by atoms with Crippen LogP contribution >= 0.6 is 11.6 Å². The molecule has 1 aromatic heterocycles. The first-order chi connectivity index (χ1) is 13.1. The number of nitrogens with one attached hydrogen (secondary N) is 2. The molecule has 0 radical (unpaired) electrons.